The fourth-order valence-corrected chi connectivity index (χ4v) is 2.63. The smallest absolute Gasteiger partial charge is 0.241 e. The molecule has 106 valence electrons. The summed E-state index contributed by atoms with van der Waals surface area (Å²) in [6, 6.07) is -0.396. The van der Waals surface area contributed by atoms with Crippen molar-refractivity contribution in [3.63, 3.8) is 0 Å². The maximum Gasteiger partial charge on any atom is 0.241 e. The lowest BCUT2D eigenvalue weighted by Gasteiger charge is -2.18. The highest BCUT2D eigenvalue weighted by Gasteiger charge is 2.27. The predicted molar refractivity (Wildman–Crippen MR) is 71.4 cm³/mol. The van der Waals surface area contributed by atoms with E-state index < -0.39 is 6.04 Å². The summed E-state index contributed by atoms with van der Waals surface area (Å²) in [5.41, 5.74) is 0.842. The zero-order valence-corrected chi connectivity index (χ0v) is 11.5. The molecule has 6 heteroatoms. The lowest BCUT2D eigenvalue weighted by Crippen LogP contribution is -2.39. The number of aliphatic hydroxyl groups is 1. The van der Waals surface area contributed by atoms with Crippen molar-refractivity contribution in [1.29, 1.82) is 0 Å². The standard InChI is InChI=1S/C13H22N4O2/c1-14-12(10-7-16-17(2)8-10)13(19)15-6-9-4-3-5-11(9)18/h7-9,11-12,14,18H,3-6H2,1-2H3,(H,15,19). The van der Waals surface area contributed by atoms with Crippen LogP contribution in [0.15, 0.2) is 12.4 Å². The third-order valence-corrected chi connectivity index (χ3v) is 3.77. The molecule has 0 aliphatic heterocycles. The molecule has 1 aromatic heterocycles. The minimum Gasteiger partial charge on any atom is -0.393 e. The van der Waals surface area contributed by atoms with Crippen molar-refractivity contribution in [1.82, 2.24) is 20.4 Å². The van der Waals surface area contributed by atoms with Gasteiger partial charge in [-0.05, 0) is 19.9 Å². The van der Waals surface area contributed by atoms with Crippen molar-refractivity contribution in [3.05, 3.63) is 18.0 Å². The Bertz CT molecular complexity index is 432. The van der Waals surface area contributed by atoms with E-state index in [2.05, 4.69) is 15.7 Å². The largest absolute Gasteiger partial charge is 0.393 e. The molecular formula is C13H22N4O2. The minimum absolute atomic E-state index is 0.0744. The second kappa shape index (κ2) is 6.16. The lowest BCUT2D eigenvalue weighted by molar-refractivity contribution is -0.123. The fraction of sp³-hybridized carbons (Fsp3) is 0.692. The lowest BCUT2D eigenvalue weighted by atomic mass is 10.1. The summed E-state index contributed by atoms with van der Waals surface area (Å²) < 4.78 is 1.67. The van der Waals surface area contributed by atoms with Crippen molar-refractivity contribution >= 4 is 5.91 Å². The molecule has 1 heterocycles. The van der Waals surface area contributed by atoms with Crippen LogP contribution in [-0.2, 0) is 11.8 Å². The molecule has 0 saturated heterocycles. The number of carbonyl (C=O) groups is 1. The van der Waals surface area contributed by atoms with E-state index in [1.54, 1.807) is 17.9 Å². The Kier molecular flexibility index (Phi) is 4.55. The molecule has 0 radical (unpaired) electrons. The number of aliphatic hydroxyl groups excluding tert-OH is 1. The van der Waals surface area contributed by atoms with Gasteiger partial charge in [-0.1, -0.05) is 6.42 Å². The van der Waals surface area contributed by atoms with Crippen LogP contribution in [0.25, 0.3) is 0 Å². The Hall–Kier alpha value is -1.40. The minimum atomic E-state index is -0.396. The van der Waals surface area contributed by atoms with E-state index in [9.17, 15) is 9.90 Å². The summed E-state index contributed by atoms with van der Waals surface area (Å²) in [5.74, 6) is 0.116. The number of carbonyl (C=O) groups excluding carboxylic acids is 1. The number of likely N-dealkylation sites (N-methyl/N-ethyl adjacent to an activating group) is 1. The van der Waals surface area contributed by atoms with Crippen LogP contribution in [0.3, 0.4) is 0 Å². The average molecular weight is 266 g/mol. The molecule has 3 N–H and O–H groups in total. The van der Waals surface area contributed by atoms with Gasteiger partial charge in [0.15, 0.2) is 0 Å². The zero-order chi connectivity index (χ0) is 13.8. The molecule has 3 unspecified atom stereocenters. The fourth-order valence-electron chi connectivity index (χ4n) is 2.63. The van der Waals surface area contributed by atoms with Crippen molar-refractivity contribution in [2.45, 2.75) is 31.4 Å². The number of rotatable bonds is 5. The zero-order valence-electron chi connectivity index (χ0n) is 11.5. The summed E-state index contributed by atoms with van der Waals surface area (Å²) in [5, 5.41) is 19.7. The molecule has 1 aliphatic carbocycles. The highest BCUT2D eigenvalue weighted by atomic mass is 16.3. The average Bonchev–Trinajstić information content (AvgIpc) is 2.97. The van der Waals surface area contributed by atoms with E-state index in [4.69, 9.17) is 0 Å². The normalized spacial score (nSPS) is 24.4. The first-order chi connectivity index (χ1) is 9.11. The first-order valence-electron chi connectivity index (χ1n) is 6.73. The van der Waals surface area contributed by atoms with Crippen LogP contribution in [0.5, 0.6) is 0 Å². The van der Waals surface area contributed by atoms with Gasteiger partial charge < -0.3 is 15.7 Å². The molecule has 6 nitrogen and oxygen atoms in total. The first-order valence-corrected chi connectivity index (χ1v) is 6.73. The van der Waals surface area contributed by atoms with E-state index in [-0.39, 0.29) is 17.9 Å². The van der Waals surface area contributed by atoms with Crippen LogP contribution in [0.4, 0.5) is 0 Å². The van der Waals surface area contributed by atoms with Crippen molar-refractivity contribution in [3.8, 4) is 0 Å². The van der Waals surface area contributed by atoms with Gasteiger partial charge in [0.05, 0.1) is 12.3 Å². The van der Waals surface area contributed by atoms with E-state index in [1.165, 1.54) is 0 Å². The third-order valence-electron chi connectivity index (χ3n) is 3.77. The Balaban J connectivity index is 1.90. The second-order valence-corrected chi connectivity index (χ2v) is 5.17. The Morgan fingerprint density at radius 2 is 2.42 bits per heavy atom. The molecule has 3 atom stereocenters. The maximum absolute atomic E-state index is 12.2. The predicted octanol–water partition coefficient (Wildman–Crippen LogP) is -0.0422. The molecular weight excluding hydrogens is 244 g/mol. The molecule has 0 aromatic carbocycles. The number of aryl methyl sites for hydroxylation is 1. The maximum atomic E-state index is 12.2. The monoisotopic (exact) mass is 266 g/mol. The number of nitrogens with one attached hydrogen (secondary N) is 2. The summed E-state index contributed by atoms with van der Waals surface area (Å²) in [6.45, 7) is 0.540. The number of amides is 1. The number of nitrogens with zero attached hydrogens (tertiary/aromatic N) is 2. The number of aromatic nitrogens is 2. The molecule has 0 bridgehead atoms. The SMILES string of the molecule is CNC(C(=O)NCC1CCCC1O)c1cnn(C)c1. The topological polar surface area (TPSA) is 79.2 Å². The van der Waals surface area contributed by atoms with Gasteiger partial charge in [-0.15, -0.1) is 0 Å². The highest BCUT2D eigenvalue weighted by Crippen LogP contribution is 2.24. The molecule has 2 rings (SSSR count). The van der Waals surface area contributed by atoms with Crippen LogP contribution in [0, 0.1) is 5.92 Å². The summed E-state index contributed by atoms with van der Waals surface area (Å²) in [7, 11) is 3.57. The van der Waals surface area contributed by atoms with Crippen LogP contribution in [0.2, 0.25) is 0 Å². The van der Waals surface area contributed by atoms with E-state index >= 15 is 0 Å². The summed E-state index contributed by atoms with van der Waals surface area (Å²) in [4.78, 5) is 12.2. The van der Waals surface area contributed by atoms with Crippen LogP contribution < -0.4 is 10.6 Å². The Labute approximate surface area is 113 Å². The van der Waals surface area contributed by atoms with E-state index in [0.29, 0.717) is 6.54 Å². The summed E-state index contributed by atoms with van der Waals surface area (Å²) in [6.07, 6.45) is 6.11. The quantitative estimate of drug-likeness (QED) is 0.698. The first kappa shape index (κ1) is 14.0. The molecule has 1 saturated carbocycles. The number of hydrogen-bond acceptors (Lipinski definition) is 4. The molecule has 19 heavy (non-hydrogen) atoms. The molecule has 1 fully saturated rings. The van der Waals surface area contributed by atoms with Crippen molar-refractivity contribution in [2.24, 2.45) is 13.0 Å². The van der Waals surface area contributed by atoms with Gasteiger partial charge in [0.1, 0.15) is 6.04 Å². The second-order valence-electron chi connectivity index (χ2n) is 5.17. The van der Waals surface area contributed by atoms with Crippen molar-refractivity contribution < 1.29 is 9.90 Å². The van der Waals surface area contributed by atoms with Gasteiger partial charge in [0.25, 0.3) is 0 Å². The van der Waals surface area contributed by atoms with Crippen LogP contribution in [0.1, 0.15) is 30.9 Å². The Morgan fingerprint density at radius 1 is 1.63 bits per heavy atom. The van der Waals surface area contributed by atoms with Crippen LogP contribution in [-0.4, -0.2) is 40.5 Å². The van der Waals surface area contributed by atoms with Gasteiger partial charge in [0, 0.05) is 31.3 Å². The highest BCUT2D eigenvalue weighted by molar-refractivity contribution is 5.83. The van der Waals surface area contributed by atoms with Gasteiger partial charge in [-0.25, -0.2) is 0 Å². The van der Waals surface area contributed by atoms with E-state index in [0.717, 1.165) is 24.8 Å². The molecule has 1 aliphatic rings. The van der Waals surface area contributed by atoms with Crippen LogP contribution >= 0.6 is 0 Å². The molecule has 0 spiro atoms. The number of hydrogen-bond donors (Lipinski definition) is 3. The van der Waals surface area contributed by atoms with Gasteiger partial charge in [0.2, 0.25) is 5.91 Å². The van der Waals surface area contributed by atoms with E-state index in [1.807, 2.05) is 13.2 Å². The summed E-state index contributed by atoms with van der Waals surface area (Å²) >= 11 is 0. The molecule has 1 aromatic rings. The third kappa shape index (κ3) is 3.33. The van der Waals surface area contributed by atoms with Crippen molar-refractivity contribution in [2.75, 3.05) is 13.6 Å². The molecule has 1 amide bonds. The van der Waals surface area contributed by atoms with Gasteiger partial charge in [-0.3, -0.25) is 9.48 Å². The van der Waals surface area contributed by atoms with Gasteiger partial charge in [-0.2, -0.15) is 5.10 Å². The Morgan fingerprint density at radius 3 is 2.95 bits per heavy atom. The van der Waals surface area contributed by atoms with Gasteiger partial charge >= 0.3 is 0 Å².